The molecule has 3 N–H and O–H groups in total. The van der Waals surface area contributed by atoms with Gasteiger partial charge in [0.15, 0.2) is 0 Å². The van der Waals surface area contributed by atoms with Crippen molar-refractivity contribution in [2.45, 2.75) is 6.42 Å². The van der Waals surface area contributed by atoms with Crippen LogP contribution in [0, 0.1) is 0 Å². The topological polar surface area (TPSA) is 118 Å². The second-order valence-corrected chi connectivity index (χ2v) is 5.43. The van der Waals surface area contributed by atoms with Crippen molar-refractivity contribution < 1.29 is 14.2 Å². The Balaban J connectivity index is 1.60. The molecular formula is C15H18N6O3. The van der Waals surface area contributed by atoms with Crippen LogP contribution in [0.4, 0.5) is 16.3 Å². The van der Waals surface area contributed by atoms with E-state index < -0.39 is 0 Å². The van der Waals surface area contributed by atoms with Crippen LogP contribution < -0.4 is 11.1 Å². The van der Waals surface area contributed by atoms with Gasteiger partial charge in [-0.25, -0.2) is 9.42 Å². The SMILES string of the molecule is Nc1nonc1C(=O)N1CCCN(C(=O)Nc2ccccc2)CC1. The molecule has 0 bridgehead atoms. The Morgan fingerprint density at radius 2 is 1.75 bits per heavy atom. The standard InChI is InChI=1S/C15H18N6O3/c16-13-12(18-24-19-13)14(22)20-7-4-8-21(10-9-20)15(23)17-11-5-2-1-3-6-11/h1-3,5-6H,4,7-10H2,(H2,16,19)(H,17,23). The largest absolute Gasteiger partial charge is 0.379 e. The third-order valence-electron chi connectivity index (χ3n) is 3.81. The number of urea groups is 1. The fourth-order valence-corrected chi connectivity index (χ4v) is 2.54. The molecule has 9 heteroatoms. The number of amides is 3. The van der Waals surface area contributed by atoms with Gasteiger partial charge in [0.2, 0.25) is 11.5 Å². The lowest BCUT2D eigenvalue weighted by Gasteiger charge is -2.22. The third-order valence-corrected chi connectivity index (χ3v) is 3.81. The van der Waals surface area contributed by atoms with Gasteiger partial charge in [-0.05, 0) is 28.9 Å². The van der Waals surface area contributed by atoms with Crippen molar-refractivity contribution >= 4 is 23.4 Å². The van der Waals surface area contributed by atoms with E-state index in [2.05, 4.69) is 20.3 Å². The minimum Gasteiger partial charge on any atom is -0.379 e. The van der Waals surface area contributed by atoms with Crippen molar-refractivity contribution in [2.24, 2.45) is 0 Å². The molecule has 1 aromatic carbocycles. The van der Waals surface area contributed by atoms with E-state index in [1.165, 1.54) is 0 Å². The number of anilines is 2. The van der Waals surface area contributed by atoms with Gasteiger partial charge >= 0.3 is 6.03 Å². The molecule has 2 heterocycles. The summed E-state index contributed by atoms with van der Waals surface area (Å²) in [5.74, 6) is -0.359. The summed E-state index contributed by atoms with van der Waals surface area (Å²) in [6, 6.07) is 9.06. The van der Waals surface area contributed by atoms with Gasteiger partial charge in [0.1, 0.15) is 0 Å². The highest BCUT2D eigenvalue weighted by molar-refractivity contribution is 5.96. The first-order chi connectivity index (χ1) is 11.6. The Morgan fingerprint density at radius 1 is 1.04 bits per heavy atom. The Bertz CT molecular complexity index is 717. The van der Waals surface area contributed by atoms with Gasteiger partial charge in [0.25, 0.3) is 5.91 Å². The van der Waals surface area contributed by atoms with E-state index in [4.69, 9.17) is 5.73 Å². The Hall–Kier alpha value is -3.10. The number of nitrogens with one attached hydrogen (secondary N) is 1. The zero-order valence-corrected chi connectivity index (χ0v) is 13.0. The van der Waals surface area contributed by atoms with Crippen molar-refractivity contribution in [2.75, 3.05) is 37.2 Å². The Labute approximate surface area is 138 Å². The van der Waals surface area contributed by atoms with E-state index in [1.54, 1.807) is 9.80 Å². The monoisotopic (exact) mass is 330 g/mol. The van der Waals surface area contributed by atoms with Gasteiger partial charge in [-0.1, -0.05) is 18.2 Å². The summed E-state index contributed by atoms with van der Waals surface area (Å²) in [6.07, 6.45) is 0.666. The number of carbonyl (C=O) groups excluding carboxylic acids is 2. The van der Waals surface area contributed by atoms with Crippen LogP contribution >= 0.6 is 0 Å². The second kappa shape index (κ2) is 6.99. The van der Waals surface area contributed by atoms with Crippen LogP contribution in [0.5, 0.6) is 0 Å². The maximum Gasteiger partial charge on any atom is 0.321 e. The number of nitrogens with two attached hydrogens (primary N) is 1. The Morgan fingerprint density at radius 3 is 2.46 bits per heavy atom. The average molecular weight is 330 g/mol. The van der Waals surface area contributed by atoms with Crippen LogP contribution in [0.3, 0.4) is 0 Å². The van der Waals surface area contributed by atoms with E-state index in [1.807, 2.05) is 30.3 Å². The van der Waals surface area contributed by atoms with Crippen LogP contribution in [0.2, 0.25) is 0 Å². The summed E-state index contributed by atoms with van der Waals surface area (Å²) in [5, 5.41) is 9.80. The van der Waals surface area contributed by atoms with Crippen LogP contribution in [-0.4, -0.2) is 58.2 Å². The van der Waals surface area contributed by atoms with Gasteiger partial charge in [-0.3, -0.25) is 4.79 Å². The molecule has 0 atom stereocenters. The maximum atomic E-state index is 12.4. The summed E-state index contributed by atoms with van der Waals surface area (Å²) in [4.78, 5) is 28.0. The van der Waals surface area contributed by atoms with Crippen LogP contribution in [0.1, 0.15) is 16.9 Å². The van der Waals surface area contributed by atoms with E-state index in [9.17, 15) is 9.59 Å². The molecule has 126 valence electrons. The number of aromatic nitrogens is 2. The lowest BCUT2D eigenvalue weighted by Crippen LogP contribution is -2.39. The van der Waals surface area contributed by atoms with E-state index in [0.717, 1.165) is 5.69 Å². The van der Waals surface area contributed by atoms with Crippen LogP contribution in [-0.2, 0) is 0 Å². The highest BCUT2D eigenvalue weighted by atomic mass is 16.6. The summed E-state index contributed by atoms with van der Waals surface area (Å²) < 4.78 is 4.47. The molecule has 0 unspecified atom stereocenters. The summed E-state index contributed by atoms with van der Waals surface area (Å²) in [7, 11) is 0. The number of carbonyl (C=O) groups is 2. The predicted octanol–water partition coefficient (Wildman–Crippen LogP) is 1.03. The first kappa shape index (κ1) is 15.8. The van der Waals surface area contributed by atoms with Crippen molar-refractivity contribution in [1.82, 2.24) is 20.1 Å². The fourth-order valence-electron chi connectivity index (χ4n) is 2.54. The summed E-state index contributed by atoms with van der Waals surface area (Å²) in [6.45, 7) is 1.90. The van der Waals surface area contributed by atoms with Gasteiger partial charge < -0.3 is 20.9 Å². The first-order valence-corrected chi connectivity index (χ1v) is 7.63. The van der Waals surface area contributed by atoms with Crippen molar-refractivity contribution in [3.63, 3.8) is 0 Å². The maximum absolute atomic E-state index is 12.4. The average Bonchev–Trinajstić information content (AvgIpc) is 2.87. The van der Waals surface area contributed by atoms with E-state index in [0.29, 0.717) is 32.6 Å². The molecule has 1 aromatic heterocycles. The quantitative estimate of drug-likeness (QED) is 0.849. The van der Waals surface area contributed by atoms with Crippen molar-refractivity contribution in [1.29, 1.82) is 0 Å². The molecule has 1 saturated heterocycles. The molecule has 0 radical (unpaired) electrons. The summed E-state index contributed by atoms with van der Waals surface area (Å²) >= 11 is 0. The minimum absolute atomic E-state index is 0.0113. The zero-order chi connectivity index (χ0) is 16.9. The van der Waals surface area contributed by atoms with Gasteiger partial charge in [0.05, 0.1) is 0 Å². The molecule has 9 nitrogen and oxygen atoms in total. The van der Waals surface area contributed by atoms with Crippen LogP contribution in [0.15, 0.2) is 35.0 Å². The third kappa shape index (κ3) is 3.45. The van der Waals surface area contributed by atoms with Crippen molar-refractivity contribution in [3.05, 3.63) is 36.0 Å². The number of rotatable bonds is 2. The fraction of sp³-hybridized carbons (Fsp3) is 0.333. The molecule has 0 saturated carbocycles. The number of hydrogen-bond acceptors (Lipinski definition) is 6. The molecule has 1 aliphatic rings. The normalized spacial score (nSPS) is 15.0. The molecule has 1 aliphatic heterocycles. The number of benzene rings is 1. The lowest BCUT2D eigenvalue weighted by molar-refractivity contribution is 0.0752. The first-order valence-electron chi connectivity index (χ1n) is 7.63. The molecule has 3 rings (SSSR count). The minimum atomic E-state index is -0.334. The number of para-hydroxylation sites is 1. The molecule has 24 heavy (non-hydrogen) atoms. The second-order valence-electron chi connectivity index (χ2n) is 5.43. The van der Waals surface area contributed by atoms with Gasteiger partial charge in [-0.2, -0.15) is 0 Å². The smallest absolute Gasteiger partial charge is 0.321 e. The highest BCUT2D eigenvalue weighted by Gasteiger charge is 2.26. The molecule has 1 fully saturated rings. The molecule has 3 amide bonds. The Kier molecular flexibility index (Phi) is 4.59. The number of nitrogen functional groups attached to an aromatic ring is 1. The van der Waals surface area contributed by atoms with E-state index in [-0.39, 0.29) is 23.5 Å². The molecular weight excluding hydrogens is 312 g/mol. The van der Waals surface area contributed by atoms with Crippen molar-refractivity contribution in [3.8, 4) is 0 Å². The van der Waals surface area contributed by atoms with Gasteiger partial charge in [0, 0.05) is 31.9 Å². The number of nitrogens with zero attached hydrogens (tertiary/aromatic N) is 4. The van der Waals surface area contributed by atoms with Gasteiger partial charge in [-0.15, -0.1) is 0 Å². The molecule has 0 aliphatic carbocycles. The summed E-state index contributed by atoms with van der Waals surface area (Å²) in [5.41, 5.74) is 6.31. The van der Waals surface area contributed by atoms with Crippen LogP contribution in [0.25, 0.3) is 0 Å². The molecule has 0 spiro atoms. The number of hydrogen-bond donors (Lipinski definition) is 2. The van der Waals surface area contributed by atoms with E-state index >= 15 is 0 Å². The predicted molar refractivity (Wildman–Crippen MR) is 86.3 cm³/mol. The highest BCUT2D eigenvalue weighted by Crippen LogP contribution is 2.13. The molecule has 2 aromatic rings. The lowest BCUT2D eigenvalue weighted by atomic mass is 10.3. The zero-order valence-electron chi connectivity index (χ0n) is 13.0.